The average molecular weight is 251 g/mol. The van der Waals surface area contributed by atoms with Crippen LogP contribution in [0, 0.1) is 0 Å². The normalized spacial score (nSPS) is 17.9. The number of hydrogen-bond donors (Lipinski definition) is 1. The van der Waals surface area contributed by atoms with E-state index in [4.69, 9.17) is 4.74 Å². The fourth-order valence-electron chi connectivity index (χ4n) is 2.56. The number of carbonyl (C=O) groups excluding carboxylic acids is 1. The predicted octanol–water partition coefficient (Wildman–Crippen LogP) is 1.65. The molecule has 18 heavy (non-hydrogen) atoms. The lowest BCUT2D eigenvalue weighted by Gasteiger charge is -2.21. The highest BCUT2D eigenvalue weighted by Gasteiger charge is 2.28. The van der Waals surface area contributed by atoms with Crippen molar-refractivity contribution >= 4 is 5.97 Å². The van der Waals surface area contributed by atoms with Gasteiger partial charge in [0.2, 0.25) is 0 Å². The highest BCUT2D eigenvalue weighted by Crippen LogP contribution is 2.23. The molecule has 1 aliphatic carbocycles. The number of imidazole rings is 1. The summed E-state index contributed by atoms with van der Waals surface area (Å²) >= 11 is 0. The Bertz CT molecular complexity index is 397. The van der Waals surface area contributed by atoms with E-state index in [1.165, 1.54) is 20.0 Å². The zero-order valence-electron chi connectivity index (χ0n) is 11.1. The number of aromatic nitrogens is 2. The number of hydrogen-bond acceptors (Lipinski definition) is 4. The number of methoxy groups -OCH3 is 1. The summed E-state index contributed by atoms with van der Waals surface area (Å²) in [5, 5.41) is 3.41. The predicted molar refractivity (Wildman–Crippen MR) is 68.0 cm³/mol. The minimum atomic E-state index is -0.402. The Kier molecular flexibility index (Phi) is 4.36. The third kappa shape index (κ3) is 2.72. The molecule has 1 unspecified atom stereocenters. The number of carbonyl (C=O) groups is 1. The quantitative estimate of drug-likeness (QED) is 0.808. The topological polar surface area (TPSA) is 56.2 Å². The lowest BCUT2D eigenvalue weighted by molar-refractivity contribution is -0.143. The molecule has 0 radical (unpaired) electrons. The first-order valence-corrected chi connectivity index (χ1v) is 6.60. The summed E-state index contributed by atoms with van der Waals surface area (Å²) in [6.07, 6.45) is 8.23. The van der Waals surface area contributed by atoms with Gasteiger partial charge in [0, 0.05) is 12.6 Å². The van der Waals surface area contributed by atoms with E-state index in [9.17, 15) is 4.79 Å². The van der Waals surface area contributed by atoms with Gasteiger partial charge in [0.15, 0.2) is 0 Å². The molecule has 0 aliphatic heterocycles. The minimum Gasteiger partial charge on any atom is -0.468 e. The van der Waals surface area contributed by atoms with Gasteiger partial charge in [-0.2, -0.15) is 0 Å². The molecule has 1 aromatic rings. The van der Waals surface area contributed by atoms with Gasteiger partial charge in [0.25, 0.3) is 0 Å². The summed E-state index contributed by atoms with van der Waals surface area (Å²) in [6, 6.07) is 0.00913. The van der Waals surface area contributed by atoms with E-state index in [-0.39, 0.29) is 5.97 Å². The maximum absolute atomic E-state index is 11.9. The Morgan fingerprint density at radius 1 is 1.61 bits per heavy atom. The van der Waals surface area contributed by atoms with Crippen LogP contribution in [0.15, 0.2) is 12.5 Å². The van der Waals surface area contributed by atoms with Gasteiger partial charge >= 0.3 is 5.97 Å². The molecule has 1 aromatic heterocycles. The van der Waals surface area contributed by atoms with E-state index in [0.717, 1.165) is 25.1 Å². The summed E-state index contributed by atoms with van der Waals surface area (Å²) in [4.78, 5) is 16.1. The molecule has 0 saturated heterocycles. The number of rotatable bonds is 5. The van der Waals surface area contributed by atoms with E-state index in [1.807, 2.05) is 11.5 Å². The number of ether oxygens (including phenoxy) is 1. The molecular weight excluding hydrogens is 230 g/mol. The zero-order valence-corrected chi connectivity index (χ0v) is 11.1. The maximum Gasteiger partial charge on any atom is 0.329 e. The van der Waals surface area contributed by atoms with Gasteiger partial charge < -0.3 is 9.30 Å². The Morgan fingerprint density at radius 3 is 2.94 bits per heavy atom. The molecule has 0 spiro atoms. The lowest BCUT2D eigenvalue weighted by Crippen LogP contribution is -2.37. The van der Waals surface area contributed by atoms with Gasteiger partial charge in [-0.1, -0.05) is 12.8 Å². The van der Waals surface area contributed by atoms with Gasteiger partial charge in [-0.3, -0.25) is 5.32 Å². The number of esters is 1. The average Bonchev–Trinajstić information content (AvgIpc) is 3.05. The van der Waals surface area contributed by atoms with Gasteiger partial charge in [0.1, 0.15) is 6.04 Å². The van der Waals surface area contributed by atoms with Gasteiger partial charge in [-0.05, 0) is 19.8 Å². The second-order valence-corrected chi connectivity index (χ2v) is 4.71. The van der Waals surface area contributed by atoms with Crippen molar-refractivity contribution in [2.24, 2.45) is 0 Å². The molecule has 1 N–H and O–H groups in total. The number of nitrogens with one attached hydrogen (secondary N) is 1. The molecular formula is C13H21N3O2. The highest BCUT2D eigenvalue weighted by molar-refractivity contribution is 5.77. The Morgan fingerprint density at radius 2 is 2.33 bits per heavy atom. The standard InChI is InChI=1S/C13H21N3O2/c1-3-16-9-14-8-11(16)12(13(17)18-2)15-10-6-4-5-7-10/h8-10,12,15H,3-7H2,1-2H3. The second-order valence-electron chi connectivity index (χ2n) is 4.71. The van der Waals surface area contributed by atoms with Crippen molar-refractivity contribution in [2.75, 3.05) is 7.11 Å². The first kappa shape index (κ1) is 13.1. The van der Waals surface area contributed by atoms with Crippen LogP contribution in [0.25, 0.3) is 0 Å². The Balaban J connectivity index is 2.16. The van der Waals surface area contributed by atoms with Crippen molar-refractivity contribution in [3.63, 3.8) is 0 Å². The number of nitrogens with zero attached hydrogens (tertiary/aromatic N) is 2. The molecule has 1 fully saturated rings. The van der Waals surface area contributed by atoms with Gasteiger partial charge in [-0.25, -0.2) is 9.78 Å². The molecule has 1 saturated carbocycles. The van der Waals surface area contributed by atoms with Crippen LogP contribution in [-0.2, 0) is 16.1 Å². The molecule has 0 amide bonds. The summed E-state index contributed by atoms with van der Waals surface area (Å²) in [7, 11) is 1.43. The van der Waals surface area contributed by atoms with Crippen molar-refractivity contribution in [1.29, 1.82) is 0 Å². The first-order chi connectivity index (χ1) is 8.76. The van der Waals surface area contributed by atoms with Gasteiger partial charge in [-0.15, -0.1) is 0 Å². The largest absolute Gasteiger partial charge is 0.468 e. The summed E-state index contributed by atoms with van der Waals surface area (Å²) < 4.78 is 6.88. The summed E-state index contributed by atoms with van der Waals surface area (Å²) in [5.41, 5.74) is 0.885. The van der Waals surface area contributed by atoms with Gasteiger partial charge in [0.05, 0.1) is 25.3 Å². The molecule has 100 valence electrons. The Hall–Kier alpha value is -1.36. The molecule has 1 heterocycles. The maximum atomic E-state index is 11.9. The van der Waals surface area contributed by atoms with Crippen LogP contribution in [-0.4, -0.2) is 28.7 Å². The number of aryl methyl sites for hydroxylation is 1. The van der Waals surface area contributed by atoms with Crippen LogP contribution in [0.2, 0.25) is 0 Å². The van der Waals surface area contributed by atoms with Crippen molar-refractivity contribution < 1.29 is 9.53 Å². The van der Waals surface area contributed by atoms with Crippen LogP contribution >= 0.6 is 0 Å². The van der Waals surface area contributed by atoms with E-state index in [1.54, 1.807) is 12.5 Å². The van der Waals surface area contributed by atoms with Crippen LogP contribution < -0.4 is 5.32 Å². The van der Waals surface area contributed by atoms with E-state index in [2.05, 4.69) is 10.3 Å². The molecule has 0 bridgehead atoms. The third-order valence-electron chi connectivity index (χ3n) is 3.58. The monoisotopic (exact) mass is 251 g/mol. The highest BCUT2D eigenvalue weighted by atomic mass is 16.5. The van der Waals surface area contributed by atoms with Crippen molar-refractivity contribution in [2.45, 2.75) is 51.2 Å². The zero-order chi connectivity index (χ0) is 13.0. The Labute approximate surface area is 108 Å². The smallest absolute Gasteiger partial charge is 0.329 e. The summed E-state index contributed by atoms with van der Waals surface area (Å²) in [6.45, 7) is 2.84. The SMILES string of the molecule is CCn1cncc1C(NC1CCCC1)C(=O)OC. The van der Waals surface area contributed by atoms with Crippen molar-refractivity contribution in [1.82, 2.24) is 14.9 Å². The minimum absolute atomic E-state index is 0.239. The van der Waals surface area contributed by atoms with Crippen LogP contribution in [0.3, 0.4) is 0 Å². The van der Waals surface area contributed by atoms with Crippen LogP contribution in [0.5, 0.6) is 0 Å². The third-order valence-corrected chi connectivity index (χ3v) is 3.58. The molecule has 5 nitrogen and oxygen atoms in total. The molecule has 0 aromatic carbocycles. The summed E-state index contributed by atoms with van der Waals surface area (Å²) in [5.74, 6) is -0.239. The first-order valence-electron chi connectivity index (χ1n) is 6.60. The molecule has 1 aliphatic rings. The van der Waals surface area contributed by atoms with E-state index >= 15 is 0 Å². The fraction of sp³-hybridized carbons (Fsp3) is 0.692. The van der Waals surface area contributed by atoms with Crippen LogP contribution in [0.1, 0.15) is 44.3 Å². The van der Waals surface area contributed by atoms with E-state index < -0.39 is 6.04 Å². The fourth-order valence-corrected chi connectivity index (χ4v) is 2.56. The second kappa shape index (κ2) is 6.00. The van der Waals surface area contributed by atoms with E-state index in [0.29, 0.717) is 6.04 Å². The van der Waals surface area contributed by atoms with Crippen molar-refractivity contribution in [3.8, 4) is 0 Å². The lowest BCUT2D eigenvalue weighted by atomic mass is 10.1. The van der Waals surface area contributed by atoms with Crippen molar-refractivity contribution in [3.05, 3.63) is 18.2 Å². The van der Waals surface area contributed by atoms with Crippen LogP contribution in [0.4, 0.5) is 0 Å². The molecule has 5 heteroatoms. The molecule has 2 rings (SSSR count). The molecule has 1 atom stereocenters.